The molecule has 47 heavy (non-hydrogen) atoms. The molecule has 0 unspecified atom stereocenters. The van der Waals surface area contributed by atoms with Crippen LogP contribution in [0.1, 0.15) is 50.5 Å². The summed E-state index contributed by atoms with van der Waals surface area (Å²) in [6.45, 7) is 5.08. The number of nitrogens with one attached hydrogen (secondary N) is 2. The summed E-state index contributed by atoms with van der Waals surface area (Å²) in [5, 5.41) is 15.7. The molecule has 5 rings (SSSR count). The lowest BCUT2D eigenvalue weighted by Gasteiger charge is -2.38. The van der Waals surface area contributed by atoms with Gasteiger partial charge in [0.1, 0.15) is 6.10 Å². The second kappa shape index (κ2) is 14.9. The van der Waals surface area contributed by atoms with Gasteiger partial charge in [-0.15, -0.1) is 0 Å². The quantitative estimate of drug-likeness (QED) is 0.186. The molecular weight excluding hydrogens is 596 g/mol. The number of amides is 3. The minimum Gasteiger partial charge on any atom is -0.486 e. The molecule has 2 heterocycles. The Morgan fingerprint density at radius 2 is 1.62 bits per heavy atom. The van der Waals surface area contributed by atoms with Gasteiger partial charge in [0.15, 0.2) is 5.75 Å². The summed E-state index contributed by atoms with van der Waals surface area (Å²) in [7, 11) is 1.98. The standard InChI is InChI=1S/C36H40N6O5/c1-23-19-42(24(2)22-43)36(46)28-7-6-10-31(40-35(45)27-15-17-38-18-16-27)33(28)47-32(23)21-41(3)20-25-11-13-26(14-12-25)34(44)39-30-9-5-4-8-29(30)37/h4-18,23-24,32,43H,19-22,37H2,1-3H3,(H,39,44)(H,40,45)/t23-,24+,32+/m1/s1. The highest BCUT2D eigenvalue weighted by Crippen LogP contribution is 2.35. The van der Waals surface area contributed by atoms with Crippen molar-refractivity contribution in [2.24, 2.45) is 5.92 Å². The highest BCUT2D eigenvalue weighted by Gasteiger charge is 2.34. The van der Waals surface area contributed by atoms with Crippen LogP contribution in [-0.4, -0.2) is 76.5 Å². The summed E-state index contributed by atoms with van der Waals surface area (Å²) >= 11 is 0. The first-order valence-corrected chi connectivity index (χ1v) is 15.5. The number of anilines is 3. The van der Waals surface area contributed by atoms with Crippen molar-refractivity contribution >= 4 is 34.8 Å². The maximum atomic E-state index is 13.8. The zero-order valence-corrected chi connectivity index (χ0v) is 26.7. The predicted molar refractivity (Wildman–Crippen MR) is 181 cm³/mol. The molecule has 3 aromatic carbocycles. The fraction of sp³-hybridized carbons (Fsp3) is 0.278. The van der Waals surface area contributed by atoms with Gasteiger partial charge in [-0.1, -0.05) is 37.3 Å². The maximum absolute atomic E-state index is 13.8. The number of ether oxygens (including phenoxy) is 1. The Balaban J connectivity index is 1.34. The number of hydrogen-bond donors (Lipinski definition) is 4. The van der Waals surface area contributed by atoms with E-state index in [0.29, 0.717) is 53.4 Å². The first-order valence-electron chi connectivity index (χ1n) is 15.5. The molecule has 0 radical (unpaired) electrons. The molecule has 0 spiro atoms. The fourth-order valence-corrected chi connectivity index (χ4v) is 5.51. The van der Waals surface area contributed by atoms with E-state index in [2.05, 4.69) is 20.5 Å². The van der Waals surface area contributed by atoms with Crippen LogP contribution in [0.4, 0.5) is 17.1 Å². The van der Waals surface area contributed by atoms with Gasteiger partial charge in [-0.2, -0.15) is 0 Å². The van der Waals surface area contributed by atoms with Crippen LogP contribution in [0.2, 0.25) is 0 Å². The second-order valence-corrected chi connectivity index (χ2v) is 11.9. The second-order valence-electron chi connectivity index (χ2n) is 11.9. The molecule has 11 heteroatoms. The number of carbonyl (C=O) groups excluding carboxylic acids is 3. The van der Waals surface area contributed by atoms with E-state index < -0.39 is 6.04 Å². The topological polar surface area (TPSA) is 150 Å². The molecule has 1 aliphatic rings. The summed E-state index contributed by atoms with van der Waals surface area (Å²) in [5.74, 6) is -0.718. The van der Waals surface area contributed by atoms with Crippen molar-refractivity contribution in [3.05, 3.63) is 114 Å². The number of aliphatic hydroxyl groups excluding tert-OH is 1. The molecule has 11 nitrogen and oxygen atoms in total. The molecular formula is C36H40N6O5. The Kier molecular flexibility index (Phi) is 10.5. The zero-order chi connectivity index (χ0) is 33.5. The lowest BCUT2D eigenvalue weighted by atomic mass is 9.98. The molecule has 0 saturated heterocycles. The molecule has 244 valence electrons. The number of likely N-dealkylation sites (N-methyl/N-ethyl adjacent to an activating group) is 1. The van der Waals surface area contributed by atoms with Gasteiger partial charge in [0.05, 0.1) is 35.3 Å². The summed E-state index contributed by atoms with van der Waals surface area (Å²) < 4.78 is 6.63. The molecule has 3 atom stereocenters. The van der Waals surface area contributed by atoms with E-state index in [9.17, 15) is 19.5 Å². The Morgan fingerprint density at radius 3 is 2.30 bits per heavy atom. The normalized spacial score (nSPS) is 16.8. The number of fused-ring (bicyclic) bond motifs is 1. The average Bonchev–Trinajstić information content (AvgIpc) is 3.08. The number of aliphatic hydroxyl groups is 1. The van der Waals surface area contributed by atoms with Gasteiger partial charge in [-0.25, -0.2) is 0 Å². The van der Waals surface area contributed by atoms with Crippen LogP contribution in [0.25, 0.3) is 0 Å². The van der Waals surface area contributed by atoms with Crippen molar-refractivity contribution in [1.82, 2.24) is 14.8 Å². The van der Waals surface area contributed by atoms with E-state index in [1.807, 2.05) is 45.2 Å². The number of hydrogen-bond acceptors (Lipinski definition) is 8. The highest BCUT2D eigenvalue weighted by molar-refractivity contribution is 6.07. The number of rotatable bonds is 10. The first kappa shape index (κ1) is 33.1. The Morgan fingerprint density at radius 1 is 0.979 bits per heavy atom. The third kappa shape index (κ3) is 7.94. The number of nitrogens with two attached hydrogens (primary N) is 1. The summed E-state index contributed by atoms with van der Waals surface area (Å²) in [4.78, 5) is 47.4. The highest BCUT2D eigenvalue weighted by atomic mass is 16.5. The molecule has 4 aromatic rings. The van der Waals surface area contributed by atoms with E-state index >= 15 is 0 Å². The van der Waals surface area contributed by atoms with Crippen molar-refractivity contribution in [3.8, 4) is 5.75 Å². The molecule has 0 fully saturated rings. The summed E-state index contributed by atoms with van der Waals surface area (Å²) in [6, 6.07) is 22.4. The molecule has 5 N–H and O–H groups in total. The van der Waals surface area contributed by atoms with Crippen molar-refractivity contribution in [3.63, 3.8) is 0 Å². The van der Waals surface area contributed by atoms with E-state index in [1.165, 1.54) is 12.4 Å². The zero-order valence-electron chi connectivity index (χ0n) is 26.7. The number of nitrogen functional groups attached to an aromatic ring is 1. The summed E-state index contributed by atoms with van der Waals surface area (Å²) in [6.07, 6.45) is 2.70. The van der Waals surface area contributed by atoms with E-state index in [0.717, 1.165) is 5.56 Å². The van der Waals surface area contributed by atoms with Crippen molar-refractivity contribution in [2.45, 2.75) is 32.5 Å². The van der Waals surface area contributed by atoms with Crippen LogP contribution in [-0.2, 0) is 6.54 Å². The van der Waals surface area contributed by atoms with Crippen LogP contribution in [0, 0.1) is 5.92 Å². The van der Waals surface area contributed by atoms with Crippen LogP contribution >= 0.6 is 0 Å². The number of carbonyl (C=O) groups is 3. The lowest BCUT2D eigenvalue weighted by Crippen LogP contribution is -2.49. The number of pyridine rings is 1. The van der Waals surface area contributed by atoms with Gasteiger partial charge >= 0.3 is 0 Å². The maximum Gasteiger partial charge on any atom is 0.258 e. The van der Waals surface area contributed by atoms with Gasteiger partial charge in [-0.05, 0) is 68.1 Å². The number of nitrogens with zero attached hydrogens (tertiary/aromatic N) is 3. The van der Waals surface area contributed by atoms with Crippen molar-refractivity contribution in [1.29, 1.82) is 0 Å². The number of benzene rings is 3. The van der Waals surface area contributed by atoms with Crippen LogP contribution in [0.15, 0.2) is 91.3 Å². The molecule has 1 aliphatic heterocycles. The van der Waals surface area contributed by atoms with Gasteiger partial charge in [0.25, 0.3) is 17.7 Å². The Bertz CT molecular complexity index is 1710. The minimum absolute atomic E-state index is 0.121. The van der Waals surface area contributed by atoms with Crippen LogP contribution in [0.3, 0.4) is 0 Å². The molecule has 0 bridgehead atoms. The fourth-order valence-electron chi connectivity index (χ4n) is 5.51. The van der Waals surface area contributed by atoms with E-state index in [1.54, 1.807) is 59.5 Å². The Hall–Kier alpha value is -5.26. The molecule has 0 saturated carbocycles. The van der Waals surface area contributed by atoms with Crippen LogP contribution in [0.5, 0.6) is 5.75 Å². The number of para-hydroxylation sites is 3. The third-order valence-electron chi connectivity index (χ3n) is 8.25. The molecule has 0 aliphatic carbocycles. The smallest absolute Gasteiger partial charge is 0.258 e. The van der Waals surface area contributed by atoms with Gasteiger partial charge in [0, 0.05) is 49.1 Å². The van der Waals surface area contributed by atoms with Crippen molar-refractivity contribution < 1.29 is 24.2 Å². The van der Waals surface area contributed by atoms with Gasteiger partial charge in [0.2, 0.25) is 0 Å². The SMILES string of the molecule is C[C@@H]1CN([C@@H](C)CO)C(=O)c2cccc(NC(=O)c3ccncc3)c2O[C@H]1CN(C)Cc1ccc(C(=O)Nc2ccccc2N)cc1. The Labute approximate surface area is 274 Å². The van der Waals surface area contributed by atoms with Gasteiger partial charge in [-0.3, -0.25) is 24.3 Å². The molecule has 3 amide bonds. The average molecular weight is 637 g/mol. The minimum atomic E-state index is -0.418. The van der Waals surface area contributed by atoms with Crippen molar-refractivity contribution in [2.75, 3.05) is 43.1 Å². The first-order chi connectivity index (χ1) is 22.6. The van der Waals surface area contributed by atoms with Gasteiger partial charge < -0.3 is 31.1 Å². The predicted octanol–water partition coefficient (Wildman–Crippen LogP) is 4.52. The third-order valence-corrected chi connectivity index (χ3v) is 8.25. The summed E-state index contributed by atoms with van der Waals surface area (Å²) in [5.41, 5.74) is 9.63. The monoisotopic (exact) mass is 636 g/mol. The van der Waals surface area contributed by atoms with Crippen LogP contribution < -0.4 is 21.1 Å². The molecule has 1 aromatic heterocycles. The van der Waals surface area contributed by atoms with E-state index in [4.69, 9.17) is 10.5 Å². The largest absolute Gasteiger partial charge is 0.486 e. The number of aromatic nitrogens is 1. The lowest BCUT2D eigenvalue weighted by molar-refractivity contribution is 0.0343. The van der Waals surface area contributed by atoms with E-state index in [-0.39, 0.29) is 42.1 Å².